The van der Waals surface area contributed by atoms with E-state index in [-0.39, 0.29) is 24.0 Å². The van der Waals surface area contributed by atoms with Crippen LogP contribution in [0.1, 0.15) is 51.3 Å². The number of aliphatic imine (C=N–C) groups is 1. The molecule has 1 atom stereocenters. The fraction of sp³-hybridized carbons (Fsp3) is 0.409. The Labute approximate surface area is 188 Å². The van der Waals surface area contributed by atoms with Crippen LogP contribution in [-0.2, 0) is 20.5 Å². The molecule has 0 fully saturated rings. The summed E-state index contributed by atoms with van der Waals surface area (Å²) >= 11 is 1.30. The molecular formula is C22H24F3N3O3S. The Bertz CT molecular complexity index is 998. The molecule has 6 nitrogen and oxygen atoms in total. The number of alkyl halides is 3. The second-order valence-electron chi connectivity index (χ2n) is 7.60. The summed E-state index contributed by atoms with van der Waals surface area (Å²) in [4.78, 5) is 31.5. The van der Waals surface area contributed by atoms with Crippen molar-refractivity contribution in [3.8, 4) is 0 Å². The second-order valence-corrected chi connectivity index (χ2v) is 8.43. The van der Waals surface area contributed by atoms with Crippen molar-refractivity contribution in [3.05, 3.63) is 57.8 Å². The fourth-order valence-electron chi connectivity index (χ4n) is 3.50. The first-order chi connectivity index (χ1) is 15.0. The number of hydrogen-bond acceptors (Lipinski definition) is 6. The number of fused-ring (bicyclic) bond motifs is 1. The zero-order valence-electron chi connectivity index (χ0n) is 18.1. The molecule has 2 heterocycles. The van der Waals surface area contributed by atoms with Crippen molar-refractivity contribution >= 4 is 28.8 Å². The molecule has 0 aliphatic carbocycles. The van der Waals surface area contributed by atoms with Gasteiger partial charge in [-0.1, -0.05) is 23.9 Å². The molecule has 0 saturated heterocycles. The van der Waals surface area contributed by atoms with Gasteiger partial charge in [0.2, 0.25) is 5.91 Å². The predicted octanol–water partition coefficient (Wildman–Crippen LogP) is 4.76. The zero-order valence-corrected chi connectivity index (χ0v) is 18.9. The molecule has 0 saturated carbocycles. The lowest BCUT2D eigenvalue weighted by atomic mass is 9.93. The lowest BCUT2D eigenvalue weighted by Crippen LogP contribution is -2.38. The maximum absolute atomic E-state index is 13.1. The highest BCUT2D eigenvalue weighted by Gasteiger charge is 2.41. The van der Waals surface area contributed by atoms with Crippen LogP contribution in [0.2, 0.25) is 0 Å². The first-order valence-electron chi connectivity index (χ1n) is 10.1. The molecule has 2 aliphatic rings. The van der Waals surface area contributed by atoms with Crippen molar-refractivity contribution in [1.82, 2.24) is 10.2 Å². The minimum absolute atomic E-state index is 0.0442. The Morgan fingerprint density at radius 1 is 1.25 bits per heavy atom. The van der Waals surface area contributed by atoms with E-state index in [0.29, 0.717) is 28.7 Å². The van der Waals surface area contributed by atoms with Gasteiger partial charge in [-0.2, -0.15) is 13.2 Å². The molecule has 0 radical (unpaired) electrons. The number of ether oxygens (including phenoxy) is 1. The largest absolute Gasteiger partial charge is 0.459 e. The highest BCUT2D eigenvalue weighted by atomic mass is 32.2. The van der Waals surface area contributed by atoms with Crippen molar-refractivity contribution in [3.63, 3.8) is 0 Å². The van der Waals surface area contributed by atoms with Crippen LogP contribution in [0.4, 0.5) is 13.2 Å². The van der Waals surface area contributed by atoms with Crippen molar-refractivity contribution in [2.45, 2.75) is 52.4 Å². The third kappa shape index (κ3) is 5.01. The van der Waals surface area contributed by atoms with Crippen molar-refractivity contribution in [2.24, 2.45) is 4.99 Å². The summed E-state index contributed by atoms with van der Waals surface area (Å²) < 4.78 is 44.7. The molecule has 172 valence electrons. The van der Waals surface area contributed by atoms with Gasteiger partial charge in [0.15, 0.2) is 5.17 Å². The molecule has 2 aliphatic heterocycles. The lowest BCUT2D eigenvalue weighted by molar-refractivity contribution is -0.143. The van der Waals surface area contributed by atoms with E-state index in [4.69, 9.17) is 4.74 Å². The fourth-order valence-corrected chi connectivity index (χ4v) is 4.47. The molecule has 0 bridgehead atoms. The number of benzene rings is 1. The minimum Gasteiger partial charge on any atom is -0.459 e. The normalized spacial score (nSPS) is 18.4. The number of thioether (sulfide) groups is 1. The van der Waals surface area contributed by atoms with Crippen LogP contribution in [0.15, 0.2) is 51.6 Å². The summed E-state index contributed by atoms with van der Waals surface area (Å²) in [5, 5.41) is 5.05. The number of carbonyl (C=O) groups excluding carboxylic acids is 2. The van der Waals surface area contributed by atoms with Crippen LogP contribution in [0.3, 0.4) is 0 Å². The molecule has 10 heteroatoms. The lowest BCUT2D eigenvalue weighted by Gasteiger charge is -2.36. The molecule has 0 aromatic heterocycles. The van der Waals surface area contributed by atoms with E-state index in [1.165, 1.54) is 23.9 Å². The van der Waals surface area contributed by atoms with Crippen LogP contribution < -0.4 is 5.32 Å². The summed E-state index contributed by atoms with van der Waals surface area (Å²) in [6, 6.07) is 3.89. The van der Waals surface area contributed by atoms with E-state index in [9.17, 15) is 22.8 Å². The van der Waals surface area contributed by atoms with E-state index in [2.05, 4.69) is 10.3 Å². The molecule has 1 aromatic carbocycles. The van der Waals surface area contributed by atoms with Crippen LogP contribution in [0.5, 0.6) is 0 Å². The summed E-state index contributed by atoms with van der Waals surface area (Å²) in [5.41, 5.74) is 0.932. The quantitative estimate of drug-likeness (QED) is 0.611. The van der Waals surface area contributed by atoms with Gasteiger partial charge in [-0.05, 0) is 50.8 Å². The average Bonchev–Trinajstić information content (AvgIpc) is 3.07. The molecule has 32 heavy (non-hydrogen) atoms. The van der Waals surface area contributed by atoms with Crippen molar-refractivity contribution in [1.29, 1.82) is 0 Å². The number of carbonyl (C=O) groups is 2. The van der Waals surface area contributed by atoms with Gasteiger partial charge in [-0.3, -0.25) is 4.79 Å². The number of nitrogens with zero attached hydrogens (tertiary/aromatic N) is 2. The van der Waals surface area contributed by atoms with Gasteiger partial charge >= 0.3 is 12.1 Å². The van der Waals surface area contributed by atoms with Gasteiger partial charge < -0.3 is 15.0 Å². The smallest absolute Gasteiger partial charge is 0.416 e. The standard InChI is InChI=1S/C22H24F3N3O3S/c1-5-26-17(29)10-16-11-32-21-27-13(4)18(20(30)31-12(2)3)19(28(16)21)14-6-8-15(9-7-14)22(23,24)25/h6-9,11-12,19H,5,10H2,1-4H3,(H,26,29). The number of halogens is 3. The molecule has 1 aromatic rings. The summed E-state index contributed by atoms with van der Waals surface area (Å²) in [6.45, 7) is 7.37. The Morgan fingerprint density at radius 3 is 2.47 bits per heavy atom. The monoisotopic (exact) mass is 467 g/mol. The number of amidine groups is 1. The minimum atomic E-state index is -4.48. The maximum atomic E-state index is 13.1. The second kappa shape index (κ2) is 9.40. The van der Waals surface area contributed by atoms with Crippen LogP contribution in [0.25, 0.3) is 0 Å². The zero-order chi connectivity index (χ0) is 23.6. The van der Waals surface area contributed by atoms with Crippen molar-refractivity contribution < 1.29 is 27.5 Å². The number of nitrogens with one attached hydrogen (secondary N) is 1. The van der Waals surface area contributed by atoms with E-state index in [0.717, 1.165) is 12.1 Å². The summed E-state index contributed by atoms with van der Waals surface area (Å²) in [6.07, 6.45) is -4.82. The number of hydrogen-bond donors (Lipinski definition) is 1. The van der Waals surface area contributed by atoms with Crippen LogP contribution in [0, 0.1) is 0 Å². The van der Waals surface area contributed by atoms with Gasteiger partial charge in [0.1, 0.15) is 0 Å². The van der Waals surface area contributed by atoms with E-state index in [1.807, 2.05) is 0 Å². The molecule has 1 N–H and O–H groups in total. The number of allylic oxidation sites excluding steroid dienone is 1. The molecule has 1 unspecified atom stereocenters. The van der Waals surface area contributed by atoms with E-state index < -0.39 is 23.8 Å². The Morgan fingerprint density at radius 2 is 1.91 bits per heavy atom. The number of amides is 1. The highest BCUT2D eigenvalue weighted by Crippen LogP contribution is 2.45. The van der Waals surface area contributed by atoms with Gasteiger partial charge in [0.05, 0.1) is 35.4 Å². The number of rotatable bonds is 6. The first-order valence-corrected chi connectivity index (χ1v) is 11.0. The van der Waals surface area contributed by atoms with E-state index in [1.54, 1.807) is 38.0 Å². The molecule has 1 amide bonds. The first kappa shape index (κ1) is 23.9. The molecular weight excluding hydrogens is 443 g/mol. The Hall–Kier alpha value is -2.75. The molecule has 0 spiro atoms. The SMILES string of the molecule is CCNC(=O)CC1=CSC2=NC(C)=C(C(=O)OC(C)C)C(c3ccc(C(F)(F)F)cc3)N12. The molecule has 3 rings (SSSR count). The van der Waals surface area contributed by atoms with Crippen LogP contribution in [-0.4, -0.2) is 34.6 Å². The number of esters is 1. The topological polar surface area (TPSA) is 71.0 Å². The summed E-state index contributed by atoms with van der Waals surface area (Å²) in [5.74, 6) is -0.802. The highest BCUT2D eigenvalue weighted by molar-refractivity contribution is 8.16. The third-order valence-corrected chi connectivity index (χ3v) is 5.72. The van der Waals surface area contributed by atoms with Gasteiger partial charge in [0.25, 0.3) is 0 Å². The van der Waals surface area contributed by atoms with Gasteiger partial charge in [-0.25, -0.2) is 9.79 Å². The van der Waals surface area contributed by atoms with Gasteiger partial charge in [-0.15, -0.1) is 0 Å². The van der Waals surface area contributed by atoms with Crippen molar-refractivity contribution in [2.75, 3.05) is 6.54 Å². The third-order valence-electron chi connectivity index (χ3n) is 4.83. The predicted molar refractivity (Wildman–Crippen MR) is 116 cm³/mol. The average molecular weight is 468 g/mol. The Balaban J connectivity index is 2.07. The Kier molecular flexibility index (Phi) is 7.02. The maximum Gasteiger partial charge on any atom is 0.416 e. The van der Waals surface area contributed by atoms with E-state index >= 15 is 0 Å². The van der Waals surface area contributed by atoms with Crippen LogP contribution >= 0.6 is 11.8 Å². The summed E-state index contributed by atoms with van der Waals surface area (Å²) in [7, 11) is 0. The van der Waals surface area contributed by atoms with Gasteiger partial charge in [0, 0.05) is 12.2 Å².